The van der Waals surface area contributed by atoms with Gasteiger partial charge in [-0.1, -0.05) is 24.8 Å². The van der Waals surface area contributed by atoms with Crippen molar-refractivity contribution in [1.82, 2.24) is 19.7 Å². The molecule has 0 radical (unpaired) electrons. The number of amides is 1. The fourth-order valence-corrected chi connectivity index (χ4v) is 4.68. The minimum absolute atomic E-state index is 0.121. The third kappa shape index (κ3) is 5.80. The summed E-state index contributed by atoms with van der Waals surface area (Å²) in [5.41, 5.74) is 11.7. The van der Waals surface area contributed by atoms with Crippen molar-refractivity contribution in [1.29, 1.82) is 0 Å². The first-order valence-electron chi connectivity index (χ1n) is 13.2. The Bertz CT molecular complexity index is 1730. The van der Waals surface area contributed by atoms with Crippen molar-refractivity contribution >= 4 is 40.0 Å². The average Bonchev–Trinajstić information content (AvgIpc) is 3.63. The Morgan fingerprint density at radius 1 is 1.14 bits per heavy atom. The molecule has 0 bridgehead atoms. The summed E-state index contributed by atoms with van der Waals surface area (Å²) >= 11 is 0. The quantitative estimate of drug-likeness (QED) is 0.120. The summed E-state index contributed by atoms with van der Waals surface area (Å²) in [6, 6.07) is 18.0. The molecule has 0 saturated heterocycles. The van der Waals surface area contributed by atoms with Gasteiger partial charge in [-0.05, 0) is 42.5 Å². The molecule has 214 valence electrons. The molecule has 2 aromatic carbocycles. The number of hydrogen-bond donors (Lipinski definition) is 3. The van der Waals surface area contributed by atoms with Crippen LogP contribution in [0.2, 0.25) is 0 Å². The van der Waals surface area contributed by atoms with Crippen LogP contribution >= 0.6 is 0 Å². The summed E-state index contributed by atoms with van der Waals surface area (Å²) in [5, 5.41) is 10.9. The Balaban J connectivity index is 1.40. The number of aryl methyl sites for hydroxylation is 1. The SMILES string of the molecule is C=CC(=O)Nc1cc(N)c(OCc2c(-c3ccn[nH]3)c3cccnc3n2C)cc1N(C)CCOC(=O)c1ccccc1. The van der Waals surface area contributed by atoms with Crippen LogP contribution in [0.4, 0.5) is 17.1 Å². The van der Waals surface area contributed by atoms with Gasteiger partial charge in [0.2, 0.25) is 5.91 Å². The Labute approximate surface area is 242 Å². The van der Waals surface area contributed by atoms with Gasteiger partial charge in [-0.15, -0.1) is 0 Å². The molecule has 0 aliphatic heterocycles. The number of carbonyl (C=O) groups excluding carboxylic acids is 2. The van der Waals surface area contributed by atoms with Crippen LogP contribution in [0.25, 0.3) is 22.3 Å². The molecular weight excluding hydrogens is 534 g/mol. The van der Waals surface area contributed by atoms with Gasteiger partial charge in [0.1, 0.15) is 24.6 Å². The van der Waals surface area contributed by atoms with Crippen molar-refractivity contribution in [2.24, 2.45) is 7.05 Å². The first-order chi connectivity index (χ1) is 20.4. The van der Waals surface area contributed by atoms with Gasteiger partial charge in [0.05, 0.1) is 40.6 Å². The first-order valence-corrected chi connectivity index (χ1v) is 13.2. The van der Waals surface area contributed by atoms with Crippen molar-refractivity contribution in [3.05, 3.63) is 97.0 Å². The maximum absolute atomic E-state index is 12.4. The fraction of sp³-hybridized carbons (Fsp3) is 0.161. The van der Waals surface area contributed by atoms with E-state index in [4.69, 9.17) is 15.2 Å². The van der Waals surface area contributed by atoms with E-state index < -0.39 is 5.97 Å². The largest absolute Gasteiger partial charge is 0.485 e. The number of anilines is 3. The number of pyridine rings is 1. The number of nitrogens with two attached hydrogens (primary N) is 1. The van der Waals surface area contributed by atoms with Gasteiger partial charge >= 0.3 is 5.97 Å². The molecule has 11 nitrogen and oxygen atoms in total. The second kappa shape index (κ2) is 12.3. The van der Waals surface area contributed by atoms with E-state index in [9.17, 15) is 9.59 Å². The van der Waals surface area contributed by atoms with Gasteiger partial charge in [-0.3, -0.25) is 9.89 Å². The molecule has 3 heterocycles. The molecule has 1 amide bonds. The van der Waals surface area contributed by atoms with Gasteiger partial charge in [-0.25, -0.2) is 9.78 Å². The molecule has 0 atom stereocenters. The third-order valence-corrected chi connectivity index (χ3v) is 6.85. The number of carbonyl (C=O) groups is 2. The van der Waals surface area contributed by atoms with Crippen LogP contribution < -0.4 is 20.7 Å². The number of nitrogens with one attached hydrogen (secondary N) is 2. The molecule has 0 fully saturated rings. The lowest BCUT2D eigenvalue weighted by atomic mass is 10.1. The number of aromatic nitrogens is 4. The second-order valence-electron chi connectivity index (χ2n) is 9.54. The van der Waals surface area contributed by atoms with Crippen molar-refractivity contribution in [3.63, 3.8) is 0 Å². The van der Waals surface area contributed by atoms with Crippen LogP contribution in [0.5, 0.6) is 5.75 Å². The minimum atomic E-state index is -0.414. The minimum Gasteiger partial charge on any atom is -0.485 e. The number of hydrogen-bond acceptors (Lipinski definition) is 8. The number of rotatable bonds is 11. The highest BCUT2D eigenvalue weighted by Crippen LogP contribution is 2.37. The zero-order chi connectivity index (χ0) is 29.6. The lowest BCUT2D eigenvalue weighted by molar-refractivity contribution is -0.111. The van der Waals surface area contributed by atoms with E-state index in [0.29, 0.717) is 34.9 Å². The van der Waals surface area contributed by atoms with Gasteiger partial charge in [0.25, 0.3) is 0 Å². The standard InChI is InChI=1S/C31H31N7O4/c1-4-28(39)35-24-17-22(32)27(18-25(24)37(2)15-16-41-31(40)20-9-6-5-7-10-20)42-19-26-29(23-12-14-34-36-23)21-11-8-13-33-30(21)38(26)3/h4-14,17-18H,1,15-16,19,32H2,2-3H3,(H,34,36)(H,35,39). The lowest BCUT2D eigenvalue weighted by Gasteiger charge is -2.24. The molecule has 0 saturated carbocycles. The number of likely N-dealkylation sites (N-methyl/N-ethyl adjacent to an activating group) is 1. The summed E-state index contributed by atoms with van der Waals surface area (Å²) in [7, 11) is 3.75. The summed E-state index contributed by atoms with van der Waals surface area (Å²) in [6.07, 6.45) is 4.62. The summed E-state index contributed by atoms with van der Waals surface area (Å²) in [5.74, 6) is -0.382. The Morgan fingerprint density at radius 2 is 1.95 bits per heavy atom. The molecular formula is C31H31N7O4. The van der Waals surface area contributed by atoms with Crippen molar-refractivity contribution in [2.75, 3.05) is 36.1 Å². The van der Waals surface area contributed by atoms with E-state index in [1.54, 1.807) is 48.8 Å². The van der Waals surface area contributed by atoms with E-state index in [1.165, 1.54) is 6.08 Å². The van der Waals surface area contributed by atoms with Crippen LogP contribution in [-0.4, -0.2) is 51.8 Å². The van der Waals surface area contributed by atoms with Gasteiger partial charge in [0.15, 0.2) is 0 Å². The maximum atomic E-state index is 12.4. The predicted octanol–water partition coefficient (Wildman–Crippen LogP) is 4.54. The summed E-state index contributed by atoms with van der Waals surface area (Å²) in [6.45, 7) is 4.18. The van der Waals surface area contributed by atoms with Crippen LogP contribution in [0, 0.1) is 0 Å². The molecule has 5 aromatic rings. The van der Waals surface area contributed by atoms with Crippen molar-refractivity contribution < 1.29 is 19.1 Å². The molecule has 0 spiro atoms. The van der Waals surface area contributed by atoms with Crippen LogP contribution in [0.3, 0.4) is 0 Å². The number of benzene rings is 2. The first kappa shape index (κ1) is 28.0. The summed E-state index contributed by atoms with van der Waals surface area (Å²) in [4.78, 5) is 31.0. The molecule has 4 N–H and O–H groups in total. The number of ether oxygens (including phenoxy) is 2. The highest BCUT2D eigenvalue weighted by molar-refractivity contribution is 6.02. The predicted molar refractivity (Wildman–Crippen MR) is 162 cm³/mol. The number of H-pyrrole nitrogens is 1. The zero-order valence-corrected chi connectivity index (χ0v) is 23.3. The Hall–Kier alpha value is -5.58. The molecule has 11 heteroatoms. The number of fused-ring (bicyclic) bond motifs is 1. The molecule has 0 aliphatic carbocycles. The monoisotopic (exact) mass is 565 g/mol. The highest BCUT2D eigenvalue weighted by Gasteiger charge is 2.21. The number of esters is 1. The van der Waals surface area contributed by atoms with Crippen LogP contribution in [-0.2, 0) is 23.2 Å². The average molecular weight is 566 g/mol. The van der Waals surface area contributed by atoms with Crippen molar-refractivity contribution in [2.45, 2.75) is 6.61 Å². The molecule has 5 rings (SSSR count). The van der Waals surface area contributed by atoms with E-state index in [2.05, 4.69) is 27.1 Å². The van der Waals surface area contributed by atoms with Crippen molar-refractivity contribution in [3.8, 4) is 17.0 Å². The highest BCUT2D eigenvalue weighted by atomic mass is 16.5. The molecule has 3 aromatic heterocycles. The second-order valence-corrected chi connectivity index (χ2v) is 9.54. The van der Waals surface area contributed by atoms with E-state index in [1.807, 2.05) is 47.8 Å². The smallest absolute Gasteiger partial charge is 0.338 e. The number of nitrogens with zero attached hydrogens (tertiary/aromatic N) is 4. The number of nitrogen functional groups attached to an aromatic ring is 1. The van der Waals surface area contributed by atoms with Gasteiger partial charge in [-0.2, -0.15) is 5.10 Å². The normalized spacial score (nSPS) is 10.8. The zero-order valence-electron chi connectivity index (χ0n) is 23.3. The Kier molecular flexibility index (Phi) is 8.19. The molecule has 42 heavy (non-hydrogen) atoms. The number of aromatic amines is 1. The lowest BCUT2D eigenvalue weighted by Crippen LogP contribution is -2.25. The summed E-state index contributed by atoms with van der Waals surface area (Å²) < 4.78 is 13.7. The van der Waals surface area contributed by atoms with E-state index >= 15 is 0 Å². The van der Waals surface area contributed by atoms with Crippen LogP contribution in [0.1, 0.15) is 16.1 Å². The Morgan fingerprint density at radius 3 is 2.69 bits per heavy atom. The van der Waals surface area contributed by atoms with Gasteiger partial charge in [0, 0.05) is 43.5 Å². The topological polar surface area (TPSA) is 140 Å². The molecule has 0 aliphatic rings. The van der Waals surface area contributed by atoms with Gasteiger partial charge < -0.3 is 30.0 Å². The molecule has 0 unspecified atom stereocenters. The van der Waals surface area contributed by atoms with E-state index in [-0.39, 0.29) is 19.1 Å². The van der Waals surface area contributed by atoms with E-state index in [0.717, 1.165) is 28.0 Å². The van der Waals surface area contributed by atoms with Crippen LogP contribution in [0.15, 0.2) is 85.7 Å². The maximum Gasteiger partial charge on any atom is 0.338 e. The third-order valence-electron chi connectivity index (χ3n) is 6.85. The fourth-order valence-electron chi connectivity index (χ4n) is 4.68.